The number of phenolic OH excluding ortho intramolecular Hbond substituents is 2. The standard InChI is InChI=1S/C15H13ClN2O4/c16-11-2-5-13(6-3-11)22-9-15(21)18-17-8-10-1-4-12(19)7-14(10)20/h1-8,19-20H,9H2,(H,18,21)/b17-8-. The minimum absolute atomic E-state index is 0.0601. The summed E-state index contributed by atoms with van der Waals surface area (Å²) in [5.41, 5.74) is 2.62. The molecule has 2 aromatic carbocycles. The van der Waals surface area contributed by atoms with Gasteiger partial charge in [-0.25, -0.2) is 5.43 Å². The van der Waals surface area contributed by atoms with Crippen molar-refractivity contribution in [1.29, 1.82) is 0 Å². The van der Waals surface area contributed by atoms with Crippen molar-refractivity contribution in [3.63, 3.8) is 0 Å². The van der Waals surface area contributed by atoms with E-state index in [-0.39, 0.29) is 18.1 Å². The third-order valence-corrected chi connectivity index (χ3v) is 2.84. The lowest BCUT2D eigenvalue weighted by Gasteiger charge is -2.04. The second-order valence-corrected chi connectivity index (χ2v) is 4.72. The van der Waals surface area contributed by atoms with Gasteiger partial charge in [0.05, 0.1) is 6.21 Å². The first-order valence-electron chi connectivity index (χ1n) is 6.27. The van der Waals surface area contributed by atoms with Crippen LogP contribution in [0.5, 0.6) is 17.2 Å². The maximum atomic E-state index is 11.5. The quantitative estimate of drug-likeness (QED) is 0.582. The Kier molecular flexibility index (Phi) is 5.21. The molecule has 0 bridgehead atoms. The second kappa shape index (κ2) is 7.33. The van der Waals surface area contributed by atoms with E-state index in [1.807, 2.05) is 0 Å². The van der Waals surface area contributed by atoms with Crippen LogP contribution in [0.25, 0.3) is 0 Å². The molecule has 1 amide bonds. The summed E-state index contributed by atoms with van der Waals surface area (Å²) in [4.78, 5) is 11.5. The van der Waals surface area contributed by atoms with E-state index in [4.69, 9.17) is 21.4 Å². The fraction of sp³-hybridized carbons (Fsp3) is 0.0667. The van der Waals surface area contributed by atoms with E-state index in [0.717, 1.165) is 0 Å². The third kappa shape index (κ3) is 4.68. The molecule has 3 N–H and O–H groups in total. The number of ether oxygens (including phenoxy) is 1. The summed E-state index contributed by atoms with van der Waals surface area (Å²) in [7, 11) is 0. The van der Waals surface area contributed by atoms with Crippen LogP contribution in [0.4, 0.5) is 0 Å². The first kappa shape index (κ1) is 15.7. The molecule has 0 heterocycles. The van der Waals surface area contributed by atoms with Gasteiger partial charge in [-0.1, -0.05) is 11.6 Å². The number of carbonyl (C=O) groups is 1. The first-order chi connectivity index (χ1) is 10.5. The van der Waals surface area contributed by atoms with Crippen LogP contribution >= 0.6 is 11.6 Å². The molecule has 0 aliphatic carbocycles. The summed E-state index contributed by atoms with van der Waals surface area (Å²) < 4.78 is 5.24. The predicted octanol–water partition coefficient (Wildman–Crippen LogP) is 2.28. The molecule has 0 fully saturated rings. The van der Waals surface area contributed by atoms with Gasteiger partial charge in [-0.05, 0) is 36.4 Å². The van der Waals surface area contributed by atoms with Gasteiger partial charge >= 0.3 is 0 Å². The molecule has 2 aromatic rings. The Morgan fingerprint density at radius 2 is 1.95 bits per heavy atom. The van der Waals surface area contributed by atoms with E-state index < -0.39 is 5.91 Å². The van der Waals surface area contributed by atoms with Gasteiger partial charge in [-0.2, -0.15) is 5.10 Å². The Bertz CT molecular complexity index is 686. The number of rotatable bonds is 5. The van der Waals surface area contributed by atoms with E-state index in [2.05, 4.69) is 10.5 Å². The highest BCUT2D eigenvalue weighted by molar-refractivity contribution is 6.30. The predicted molar refractivity (Wildman–Crippen MR) is 82.5 cm³/mol. The van der Waals surface area contributed by atoms with Gasteiger partial charge < -0.3 is 14.9 Å². The monoisotopic (exact) mass is 320 g/mol. The number of phenols is 2. The fourth-order valence-electron chi connectivity index (χ4n) is 1.53. The molecule has 0 aromatic heterocycles. The normalized spacial score (nSPS) is 10.6. The van der Waals surface area contributed by atoms with Crippen LogP contribution in [0, 0.1) is 0 Å². The Morgan fingerprint density at radius 1 is 1.23 bits per heavy atom. The molecule has 2 rings (SSSR count). The van der Waals surface area contributed by atoms with E-state index in [0.29, 0.717) is 16.3 Å². The number of hydrogen-bond donors (Lipinski definition) is 3. The lowest BCUT2D eigenvalue weighted by atomic mass is 10.2. The number of nitrogens with zero attached hydrogens (tertiary/aromatic N) is 1. The molecule has 22 heavy (non-hydrogen) atoms. The average molecular weight is 321 g/mol. The maximum Gasteiger partial charge on any atom is 0.277 e. The van der Waals surface area contributed by atoms with Gasteiger partial charge in [0.25, 0.3) is 5.91 Å². The molecular formula is C15H13ClN2O4. The van der Waals surface area contributed by atoms with E-state index in [1.54, 1.807) is 24.3 Å². The van der Waals surface area contributed by atoms with E-state index in [1.165, 1.54) is 24.4 Å². The Labute approximate surface area is 131 Å². The van der Waals surface area contributed by atoms with Gasteiger partial charge in [0.2, 0.25) is 0 Å². The highest BCUT2D eigenvalue weighted by Crippen LogP contribution is 2.20. The van der Waals surface area contributed by atoms with Crippen molar-refractivity contribution in [3.05, 3.63) is 53.1 Å². The third-order valence-electron chi connectivity index (χ3n) is 2.59. The number of hydrogen-bond acceptors (Lipinski definition) is 5. The first-order valence-corrected chi connectivity index (χ1v) is 6.64. The zero-order valence-electron chi connectivity index (χ0n) is 11.4. The molecule has 0 atom stereocenters. The van der Waals surface area contributed by atoms with Crippen molar-refractivity contribution < 1.29 is 19.7 Å². The summed E-state index contributed by atoms with van der Waals surface area (Å²) in [5.74, 6) is -0.144. The summed E-state index contributed by atoms with van der Waals surface area (Å²) >= 11 is 5.73. The summed E-state index contributed by atoms with van der Waals surface area (Å²) in [6.07, 6.45) is 1.26. The molecule has 7 heteroatoms. The van der Waals surface area contributed by atoms with Crippen LogP contribution in [-0.4, -0.2) is 28.9 Å². The zero-order valence-corrected chi connectivity index (χ0v) is 12.1. The van der Waals surface area contributed by atoms with Crippen molar-refractivity contribution in [2.45, 2.75) is 0 Å². The van der Waals surface area contributed by atoms with Crippen molar-refractivity contribution in [2.75, 3.05) is 6.61 Å². The van der Waals surface area contributed by atoms with E-state index >= 15 is 0 Å². The van der Waals surface area contributed by atoms with Crippen molar-refractivity contribution in [3.8, 4) is 17.2 Å². The molecular weight excluding hydrogens is 308 g/mol. The summed E-state index contributed by atoms with van der Waals surface area (Å²) in [6.45, 7) is -0.208. The number of benzene rings is 2. The molecule has 0 spiro atoms. The minimum Gasteiger partial charge on any atom is -0.508 e. The second-order valence-electron chi connectivity index (χ2n) is 4.28. The fourth-order valence-corrected chi connectivity index (χ4v) is 1.65. The number of amides is 1. The smallest absolute Gasteiger partial charge is 0.277 e. The van der Waals surface area contributed by atoms with Crippen molar-refractivity contribution in [2.24, 2.45) is 5.10 Å². The van der Waals surface area contributed by atoms with Gasteiger partial charge in [0, 0.05) is 16.7 Å². The molecule has 114 valence electrons. The molecule has 0 unspecified atom stereocenters. The Morgan fingerprint density at radius 3 is 2.64 bits per heavy atom. The molecule has 0 aliphatic rings. The highest BCUT2D eigenvalue weighted by atomic mass is 35.5. The maximum absolute atomic E-state index is 11.5. The zero-order chi connectivity index (χ0) is 15.9. The average Bonchev–Trinajstić information content (AvgIpc) is 2.49. The SMILES string of the molecule is O=C(COc1ccc(Cl)cc1)N/N=C\c1ccc(O)cc1O. The number of hydrazone groups is 1. The molecule has 6 nitrogen and oxygen atoms in total. The number of nitrogens with one attached hydrogen (secondary N) is 1. The number of aromatic hydroxyl groups is 2. The van der Waals surface area contributed by atoms with Gasteiger partial charge in [-0.3, -0.25) is 4.79 Å². The largest absolute Gasteiger partial charge is 0.508 e. The summed E-state index contributed by atoms with van der Waals surface area (Å²) in [5, 5.41) is 22.9. The highest BCUT2D eigenvalue weighted by Gasteiger charge is 2.02. The number of halogens is 1. The lowest BCUT2D eigenvalue weighted by molar-refractivity contribution is -0.123. The van der Waals surface area contributed by atoms with E-state index in [9.17, 15) is 9.90 Å². The molecule has 0 aliphatic heterocycles. The Balaban J connectivity index is 1.82. The van der Waals surface area contributed by atoms with Crippen LogP contribution in [0.2, 0.25) is 5.02 Å². The van der Waals surface area contributed by atoms with Crippen LogP contribution in [0.1, 0.15) is 5.56 Å². The topological polar surface area (TPSA) is 91.2 Å². The van der Waals surface area contributed by atoms with Crippen LogP contribution in [0.3, 0.4) is 0 Å². The number of carbonyl (C=O) groups excluding carboxylic acids is 1. The molecule has 0 saturated heterocycles. The van der Waals surface area contributed by atoms with Crippen LogP contribution in [-0.2, 0) is 4.79 Å². The van der Waals surface area contributed by atoms with Crippen LogP contribution in [0.15, 0.2) is 47.6 Å². The minimum atomic E-state index is -0.454. The lowest BCUT2D eigenvalue weighted by Crippen LogP contribution is -2.24. The molecule has 0 radical (unpaired) electrons. The van der Waals surface area contributed by atoms with Gasteiger partial charge in [-0.15, -0.1) is 0 Å². The van der Waals surface area contributed by atoms with Crippen molar-refractivity contribution in [1.82, 2.24) is 5.43 Å². The summed E-state index contributed by atoms with van der Waals surface area (Å²) in [6, 6.07) is 10.6. The Hall–Kier alpha value is -2.73. The van der Waals surface area contributed by atoms with Crippen molar-refractivity contribution >= 4 is 23.7 Å². The molecule has 0 saturated carbocycles. The van der Waals surface area contributed by atoms with Crippen LogP contribution < -0.4 is 10.2 Å². The van der Waals surface area contributed by atoms with Gasteiger partial charge in [0.1, 0.15) is 17.2 Å². The van der Waals surface area contributed by atoms with Gasteiger partial charge in [0.15, 0.2) is 6.61 Å².